The second kappa shape index (κ2) is 10.3. The number of aromatic nitrogens is 1. The molecule has 0 spiro atoms. The van der Waals surface area contributed by atoms with Crippen molar-refractivity contribution in [3.8, 4) is 10.4 Å². The van der Waals surface area contributed by atoms with Crippen molar-refractivity contribution in [3.63, 3.8) is 0 Å². The van der Waals surface area contributed by atoms with E-state index in [1.807, 2.05) is 58.0 Å². The summed E-state index contributed by atoms with van der Waals surface area (Å²) in [5, 5.41) is 3.05. The van der Waals surface area contributed by atoms with Crippen molar-refractivity contribution in [1.82, 2.24) is 10.3 Å². The largest absolute Gasteiger partial charge is 0.353 e. The predicted molar refractivity (Wildman–Crippen MR) is 83.6 cm³/mol. The molecule has 19 heavy (non-hydrogen) atoms. The van der Waals surface area contributed by atoms with Crippen molar-refractivity contribution in [2.24, 2.45) is 0 Å². The average molecular weight is 278 g/mol. The smallest absolute Gasteiger partial charge is 0.280 e. The number of hydrogen-bond donors (Lipinski definition) is 1. The number of thiazole rings is 1. The fourth-order valence-electron chi connectivity index (χ4n) is 1.22. The Morgan fingerprint density at radius 2 is 1.68 bits per heavy atom. The summed E-state index contributed by atoms with van der Waals surface area (Å²) in [7, 11) is 1.60. The van der Waals surface area contributed by atoms with Gasteiger partial charge in [0, 0.05) is 13.2 Å². The molecule has 0 saturated carbocycles. The fraction of sp³-hybridized carbons (Fsp3) is 0.333. The molecular weight excluding hydrogens is 256 g/mol. The molecule has 0 aliphatic heterocycles. The highest BCUT2D eigenvalue weighted by Gasteiger charge is 2.09. The summed E-state index contributed by atoms with van der Waals surface area (Å²) >= 11 is 1.40. The highest BCUT2D eigenvalue weighted by molar-refractivity contribution is 7.16. The van der Waals surface area contributed by atoms with Crippen LogP contribution >= 0.6 is 11.3 Å². The standard InChI is InChI=1S/C11H10N2OS.2C2H6/c1-12-10(14)11-13-7-9(15-11)8-5-3-2-4-6-8;2*1-2/h2-7H,1H3,(H,12,14);2*1-2H3. The maximum atomic E-state index is 11.3. The maximum Gasteiger partial charge on any atom is 0.280 e. The topological polar surface area (TPSA) is 42.0 Å². The van der Waals surface area contributed by atoms with Gasteiger partial charge in [-0.2, -0.15) is 0 Å². The molecule has 2 rings (SSSR count). The molecule has 4 heteroatoms. The Hall–Kier alpha value is -1.68. The lowest BCUT2D eigenvalue weighted by Crippen LogP contribution is -2.17. The highest BCUT2D eigenvalue weighted by Crippen LogP contribution is 2.25. The first-order valence-corrected chi connectivity index (χ1v) is 7.36. The Morgan fingerprint density at radius 3 is 2.21 bits per heavy atom. The Balaban J connectivity index is 0.000000741. The number of nitrogens with zero attached hydrogens (tertiary/aromatic N) is 1. The first kappa shape index (κ1) is 17.3. The van der Waals surface area contributed by atoms with Crippen molar-refractivity contribution >= 4 is 17.2 Å². The number of benzene rings is 1. The number of amides is 1. The third-order valence-electron chi connectivity index (χ3n) is 1.99. The molecule has 0 atom stereocenters. The molecule has 3 nitrogen and oxygen atoms in total. The molecular formula is C15H22N2OS. The highest BCUT2D eigenvalue weighted by atomic mass is 32.1. The summed E-state index contributed by atoms with van der Waals surface area (Å²) in [4.78, 5) is 16.4. The van der Waals surface area contributed by atoms with E-state index < -0.39 is 0 Å². The summed E-state index contributed by atoms with van der Waals surface area (Å²) in [6.45, 7) is 8.00. The summed E-state index contributed by atoms with van der Waals surface area (Å²) in [5.74, 6) is -0.137. The minimum Gasteiger partial charge on any atom is -0.353 e. The van der Waals surface area contributed by atoms with Crippen LogP contribution in [0.2, 0.25) is 0 Å². The van der Waals surface area contributed by atoms with Gasteiger partial charge in [0.15, 0.2) is 5.01 Å². The van der Waals surface area contributed by atoms with Gasteiger partial charge in [0.05, 0.1) is 4.88 Å². The SMILES string of the molecule is CC.CC.CNC(=O)c1ncc(-c2ccccc2)s1. The first-order chi connectivity index (χ1) is 9.31. The molecule has 0 aliphatic rings. The molecule has 0 unspecified atom stereocenters. The van der Waals surface area contributed by atoms with Crippen molar-refractivity contribution in [3.05, 3.63) is 41.5 Å². The molecule has 0 bridgehead atoms. The molecule has 0 fully saturated rings. The summed E-state index contributed by atoms with van der Waals surface area (Å²) in [5.41, 5.74) is 1.09. The van der Waals surface area contributed by atoms with Gasteiger partial charge in [0.2, 0.25) is 0 Å². The van der Waals surface area contributed by atoms with E-state index in [1.54, 1.807) is 13.2 Å². The summed E-state index contributed by atoms with van der Waals surface area (Å²) in [6, 6.07) is 9.90. The van der Waals surface area contributed by atoms with Gasteiger partial charge in [-0.1, -0.05) is 58.0 Å². The summed E-state index contributed by atoms with van der Waals surface area (Å²) in [6.07, 6.45) is 1.73. The molecule has 1 aromatic carbocycles. The molecule has 1 N–H and O–H groups in total. The number of carbonyl (C=O) groups excluding carboxylic acids is 1. The minimum absolute atomic E-state index is 0.137. The maximum absolute atomic E-state index is 11.3. The summed E-state index contributed by atoms with van der Waals surface area (Å²) < 4.78 is 0. The van der Waals surface area contributed by atoms with Gasteiger partial charge in [-0.3, -0.25) is 4.79 Å². The van der Waals surface area contributed by atoms with Crippen LogP contribution in [0, 0.1) is 0 Å². The molecule has 0 saturated heterocycles. The van der Waals surface area contributed by atoms with Crippen LogP contribution in [-0.2, 0) is 0 Å². The predicted octanol–water partition coefficient (Wildman–Crippen LogP) is 4.22. The van der Waals surface area contributed by atoms with E-state index >= 15 is 0 Å². The second-order valence-corrected chi connectivity index (χ2v) is 4.01. The molecule has 0 aliphatic carbocycles. The second-order valence-electron chi connectivity index (χ2n) is 2.97. The molecule has 2 aromatic rings. The zero-order valence-electron chi connectivity index (χ0n) is 12.2. The molecule has 104 valence electrons. The van der Waals surface area contributed by atoms with Gasteiger partial charge in [-0.25, -0.2) is 4.98 Å². The average Bonchev–Trinajstić information content (AvgIpc) is 3.01. The van der Waals surface area contributed by atoms with Gasteiger partial charge in [0.1, 0.15) is 0 Å². The Labute approximate surface area is 119 Å². The van der Waals surface area contributed by atoms with Crippen LogP contribution in [-0.4, -0.2) is 17.9 Å². The van der Waals surface area contributed by atoms with Gasteiger partial charge < -0.3 is 5.32 Å². The van der Waals surface area contributed by atoms with Gasteiger partial charge in [0.25, 0.3) is 5.91 Å². The van der Waals surface area contributed by atoms with Crippen LogP contribution in [0.5, 0.6) is 0 Å². The Kier molecular flexibility index (Phi) is 9.35. The van der Waals surface area contributed by atoms with Gasteiger partial charge >= 0.3 is 0 Å². The third-order valence-corrected chi connectivity index (χ3v) is 3.03. The van der Waals surface area contributed by atoms with Crippen LogP contribution in [0.4, 0.5) is 0 Å². The zero-order chi connectivity index (χ0) is 14.7. The molecule has 0 radical (unpaired) electrons. The minimum atomic E-state index is -0.137. The Bertz CT molecular complexity index is 466. The van der Waals surface area contributed by atoms with Crippen molar-refractivity contribution < 1.29 is 4.79 Å². The molecule has 1 heterocycles. The van der Waals surface area contributed by atoms with Crippen LogP contribution in [0.1, 0.15) is 37.5 Å². The van der Waals surface area contributed by atoms with Crippen LogP contribution in [0.15, 0.2) is 36.5 Å². The number of rotatable bonds is 2. The first-order valence-electron chi connectivity index (χ1n) is 6.54. The van der Waals surface area contributed by atoms with E-state index in [1.165, 1.54) is 11.3 Å². The lowest BCUT2D eigenvalue weighted by atomic mass is 10.2. The zero-order valence-corrected chi connectivity index (χ0v) is 13.0. The van der Waals surface area contributed by atoms with E-state index in [4.69, 9.17) is 0 Å². The monoisotopic (exact) mass is 278 g/mol. The van der Waals surface area contributed by atoms with Gasteiger partial charge in [-0.05, 0) is 5.56 Å². The molecule has 1 amide bonds. The van der Waals surface area contributed by atoms with Crippen molar-refractivity contribution in [1.29, 1.82) is 0 Å². The lowest BCUT2D eigenvalue weighted by Gasteiger charge is -1.93. The normalized spacial score (nSPS) is 8.47. The van der Waals surface area contributed by atoms with Crippen molar-refractivity contribution in [2.45, 2.75) is 27.7 Å². The van der Waals surface area contributed by atoms with Crippen LogP contribution in [0.3, 0.4) is 0 Å². The van der Waals surface area contributed by atoms with Crippen LogP contribution < -0.4 is 5.32 Å². The quantitative estimate of drug-likeness (QED) is 0.893. The number of hydrogen-bond acceptors (Lipinski definition) is 3. The number of nitrogens with one attached hydrogen (secondary N) is 1. The van der Waals surface area contributed by atoms with E-state index in [-0.39, 0.29) is 5.91 Å². The fourth-order valence-corrected chi connectivity index (χ4v) is 2.09. The third kappa shape index (κ3) is 5.22. The van der Waals surface area contributed by atoms with Gasteiger partial charge in [-0.15, -0.1) is 11.3 Å². The van der Waals surface area contributed by atoms with E-state index in [0.717, 1.165) is 10.4 Å². The van der Waals surface area contributed by atoms with Crippen LogP contribution in [0.25, 0.3) is 10.4 Å². The van der Waals surface area contributed by atoms with E-state index in [2.05, 4.69) is 10.3 Å². The lowest BCUT2D eigenvalue weighted by molar-refractivity contribution is 0.0962. The van der Waals surface area contributed by atoms with E-state index in [0.29, 0.717) is 5.01 Å². The van der Waals surface area contributed by atoms with E-state index in [9.17, 15) is 4.79 Å². The van der Waals surface area contributed by atoms with Crippen molar-refractivity contribution in [2.75, 3.05) is 7.05 Å². The number of carbonyl (C=O) groups is 1. The Morgan fingerprint density at radius 1 is 1.11 bits per heavy atom. The molecule has 1 aromatic heterocycles.